The van der Waals surface area contributed by atoms with Crippen LogP contribution in [0.4, 0.5) is 14.9 Å². The summed E-state index contributed by atoms with van der Waals surface area (Å²) >= 11 is 0. The third-order valence-corrected chi connectivity index (χ3v) is 3.37. The van der Waals surface area contributed by atoms with Gasteiger partial charge in [-0.1, -0.05) is 6.92 Å². The Kier molecular flexibility index (Phi) is 5.76. The van der Waals surface area contributed by atoms with Crippen LogP contribution in [0.15, 0.2) is 41.0 Å². The van der Waals surface area contributed by atoms with Crippen molar-refractivity contribution in [1.82, 2.24) is 5.32 Å². The maximum Gasteiger partial charge on any atom is 0.319 e. The van der Waals surface area contributed by atoms with Crippen molar-refractivity contribution in [2.24, 2.45) is 5.92 Å². The van der Waals surface area contributed by atoms with E-state index in [1.807, 2.05) is 6.92 Å². The second-order valence-corrected chi connectivity index (χ2v) is 5.70. The van der Waals surface area contributed by atoms with Crippen LogP contribution in [0.25, 0.3) is 11.3 Å². The Bertz CT molecular complexity index is 641. The molecule has 2 unspecified atom stereocenters. The first kappa shape index (κ1) is 17.0. The molecular formula is C17H21FN2O3. The molecule has 1 heterocycles. The van der Waals surface area contributed by atoms with E-state index < -0.39 is 18.0 Å². The predicted molar refractivity (Wildman–Crippen MR) is 86.6 cm³/mol. The quantitative estimate of drug-likeness (QED) is 0.761. The van der Waals surface area contributed by atoms with Crippen molar-refractivity contribution < 1.29 is 18.7 Å². The standard InChI is InChI=1S/C17H21FN2O3/c1-11(8-12(2)21)10-19-17(22)20-15-9-13(5-6-14(15)18)16-4-3-7-23-16/h3-7,9,11-12,21H,8,10H2,1-2H3,(H2,19,20,22). The zero-order chi connectivity index (χ0) is 16.8. The molecule has 0 bridgehead atoms. The summed E-state index contributed by atoms with van der Waals surface area (Å²) in [6.45, 7) is 4.02. The van der Waals surface area contributed by atoms with Crippen molar-refractivity contribution in [2.75, 3.05) is 11.9 Å². The van der Waals surface area contributed by atoms with Crippen LogP contribution in [0.3, 0.4) is 0 Å². The van der Waals surface area contributed by atoms with Crippen LogP contribution < -0.4 is 10.6 Å². The first-order valence-corrected chi connectivity index (χ1v) is 7.52. The van der Waals surface area contributed by atoms with Gasteiger partial charge in [0.15, 0.2) is 0 Å². The summed E-state index contributed by atoms with van der Waals surface area (Å²) in [5.41, 5.74) is 0.758. The molecule has 23 heavy (non-hydrogen) atoms. The van der Waals surface area contributed by atoms with Crippen molar-refractivity contribution >= 4 is 11.7 Å². The van der Waals surface area contributed by atoms with Crippen LogP contribution in [0.5, 0.6) is 0 Å². The van der Waals surface area contributed by atoms with Gasteiger partial charge in [0.25, 0.3) is 0 Å². The average Bonchev–Trinajstić information content (AvgIpc) is 3.01. The van der Waals surface area contributed by atoms with Crippen molar-refractivity contribution in [2.45, 2.75) is 26.4 Å². The van der Waals surface area contributed by atoms with E-state index in [0.29, 0.717) is 24.3 Å². The fraction of sp³-hybridized carbons (Fsp3) is 0.353. The number of carbonyl (C=O) groups excluding carboxylic acids is 1. The van der Waals surface area contributed by atoms with Crippen LogP contribution in [0, 0.1) is 11.7 Å². The van der Waals surface area contributed by atoms with Crippen molar-refractivity contribution in [1.29, 1.82) is 0 Å². The molecule has 0 aliphatic heterocycles. The lowest BCUT2D eigenvalue weighted by atomic mass is 10.1. The predicted octanol–water partition coefficient (Wildman–Crippen LogP) is 3.61. The SMILES string of the molecule is CC(O)CC(C)CNC(=O)Nc1cc(-c2ccco2)ccc1F. The summed E-state index contributed by atoms with van der Waals surface area (Å²) in [7, 11) is 0. The van der Waals surface area contributed by atoms with E-state index in [2.05, 4.69) is 10.6 Å². The summed E-state index contributed by atoms with van der Waals surface area (Å²) in [5.74, 6) is 0.201. The summed E-state index contributed by atoms with van der Waals surface area (Å²) in [4.78, 5) is 11.9. The van der Waals surface area contributed by atoms with Gasteiger partial charge in [-0.2, -0.15) is 0 Å². The van der Waals surface area contributed by atoms with Gasteiger partial charge in [0, 0.05) is 12.1 Å². The Morgan fingerprint density at radius 1 is 1.35 bits per heavy atom. The van der Waals surface area contributed by atoms with E-state index in [1.165, 1.54) is 18.4 Å². The molecule has 2 rings (SSSR count). The second-order valence-electron chi connectivity index (χ2n) is 5.70. The van der Waals surface area contributed by atoms with Crippen molar-refractivity contribution in [3.05, 3.63) is 42.4 Å². The lowest BCUT2D eigenvalue weighted by molar-refractivity contribution is 0.163. The third kappa shape index (κ3) is 5.10. The van der Waals surface area contributed by atoms with E-state index >= 15 is 0 Å². The number of benzene rings is 1. The lowest BCUT2D eigenvalue weighted by Gasteiger charge is -2.15. The maximum atomic E-state index is 13.8. The molecule has 124 valence electrons. The first-order chi connectivity index (χ1) is 11.0. The largest absolute Gasteiger partial charge is 0.464 e. The van der Waals surface area contributed by atoms with Crippen LogP contribution >= 0.6 is 0 Å². The number of anilines is 1. The molecule has 0 aliphatic carbocycles. The molecule has 2 atom stereocenters. The summed E-state index contributed by atoms with van der Waals surface area (Å²) in [5, 5.41) is 14.5. The van der Waals surface area contributed by atoms with E-state index in [4.69, 9.17) is 4.42 Å². The van der Waals surface area contributed by atoms with Gasteiger partial charge in [-0.05, 0) is 49.6 Å². The van der Waals surface area contributed by atoms with Crippen molar-refractivity contribution in [3.8, 4) is 11.3 Å². The van der Waals surface area contributed by atoms with Gasteiger partial charge in [0.05, 0.1) is 18.1 Å². The second kappa shape index (κ2) is 7.78. The summed E-state index contributed by atoms with van der Waals surface area (Å²) in [6, 6.07) is 7.40. The maximum absolute atomic E-state index is 13.8. The van der Waals surface area contributed by atoms with Gasteiger partial charge in [0.2, 0.25) is 0 Å². The average molecular weight is 320 g/mol. The van der Waals surface area contributed by atoms with E-state index in [0.717, 1.165) is 0 Å². The molecule has 0 saturated heterocycles. The molecule has 2 amide bonds. The van der Waals surface area contributed by atoms with Gasteiger partial charge < -0.3 is 20.2 Å². The smallest absolute Gasteiger partial charge is 0.319 e. The minimum Gasteiger partial charge on any atom is -0.464 e. The van der Waals surface area contributed by atoms with Gasteiger partial charge in [-0.25, -0.2) is 9.18 Å². The molecule has 0 fully saturated rings. The van der Waals surface area contributed by atoms with Crippen LogP contribution in [-0.4, -0.2) is 23.8 Å². The number of rotatable bonds is 6. The first-order valence-electron chi connectivity index (χ1n) is 7.52. The molecule has 1 aromatic heterocycles. The minimum atomic E-state index is -0.521. The number of furan rings is 1. The fourth-order valence-corrected chi connectivity index (χ4v) is 2.32. The zero-order valence-corrected chi connectivity index (χ0v) is 13.2. The third-order valence-electron chi connectivity index (χ3n) is 3.37. The molecule has 0 aliphatic rings. The molecule has 3 N–H and O–H groups in total. The van der Waals surface area contributed by atoms with Crippen LogP contribution in [0.1, 0.15) is 20.3 Å². The molecule has 0 radical (unpaired) electrons. The Hall–Kier alpha value is -2.34. The van der Waals surface area contributed by atoms with Gasteiger partial charge in [-0.3, -0.25) is 0 Å². The summed E-state index contributed by atoms with van der Waals surface area (Å²) in [6.07, 6.45) is 1.70. The van der Waals surface area contributed by atoms with Crippen LogP contribution in [0.2, 0.25) is 0 Å². The molecule has 5 nitrogen and oxygen atoms in total. The zero-order valence-electron chi connectivity index (χ0n) is 13.2. The number of amides is 2. The van der Waals surface area contributed by atoms with E-state index in [9.17, 15) is 14.3 Å². The van der Waals surface area contributed by atoms with E-state index in [1.54, 1.807) is 25.1 Å². The molecular weight excluding hydrogens is 299 g/mol. The lowest BCUT2D eigenvalue weighted by Crippen LogP contribution is -2.33. The van der Waals surface area contributed by atoms with Gasteiger partial charge >= 0.3 is 6.03 Å². The number of aliphatic hydroxyl groups is 1. The number of halogens is 1. The fourth-order valence-electron chi connectivity index (χ4n) is 2.32. The van der Waals surface area contributed by atoms with Gasteiger partial charge in [-0.15, -0.1) is 0 Å². The Morgan fingerprint density at radius 3 is 2.78 bits per heavy atom. The monoisotopic (exact) mass is 320 g/mol. The van der Waals surface area contributed by atoms with Gasteiger partial charge in [0.1, 0.15) is 11.6 Å². The highest BCUT2D eigenvalue weighted by Gasteiger charge is 2.12. The number of hydrogen-bond acceptors (Lipinski definition) is 3. The molecule has 0 saturated carbocycles. The molecule has 6 heteroatoms. The van der Waals surface area contributed by atoms with Crippen molar-refractivity contribution in [3.63, 3.8) is 0 Å². The van der Waals surface area contributed by atoms with Crippen LogP contribution in [-0.2, 0) is 0 Å². The number of carbonyl (C=O) groups is 1. The highest BCUT2D eigenvalue weighted by molar-refractivity contribution is 5.90. The number of aliphatic hydroxyl groups excluding tert-OH is 1. The highest BCUT2D eigenvalue weighted by Crippen LogP contribution is 2.25. The number of nitrogens with one attached hydrogen (secondary N) is 2. The molecule has 0 spiro atoms. The summed E-state index contributed by atoms with van der Waals surface area (Å²) < 4.78 is 19.1. The van der Waals surface area contributed by atoms with E-state index in [-0.39, 0.29) is 11.6 Å². The Balaban J connectivity index is 1.96. The Morgan fingerprint density at radius 2 is 2.13 bits per heavy atom. The topological polar surface area (TPSA) is 74.5 Å². The number of urea groups is 1. The molecule has 2 aromatic rings. The Labute approximate surface area is 134 Å². The molecule has 1 aromatic carbocycles. The highest BCUT2D eigenvalue weighted by atomic mass is 19.1. The number of hydrogen-bond donors (Lipinski definition) is 3. The minimum absolute atomic E-state index is 0.0829. The normalized spacial score (nSPS) is 13.4.